The van der Waals surface area contributed by atoms with Crippen LogP contribution >= 0.6 is 0 Å². The van der Waals surface area contributed by atoms with E-state index in [0.29, 0.717) is 17.8 Å². The lowest BCUT2D eigenvalue weighted by Gasteiger charge is -2.14. The number of carboxylic acids is 1. The number of carbonyl (C=O) groups is 2. The number of nitrogens with one attached hydrogen (secondary N) is 2. The molecule has 1 atom stereocenters. The highest BCUT2D eigenvalue weighted by Gasteiger charge is 2.13. The van der Waals surface area contributed by atoms with Gasteiger partial charge in [-0.15, -0.1) is 0 Å². The average Bonchev–Trinajstić information content (AvgIpc) is 2.60. The monoisotopic (exact) mass is 342 g/mol. The molecule has 6 heteroatoms. The molecule has 0 aliphatic heterocycles. The predicted octanol–water partition coefficient (Wildman–Crippen LogP) is 3.28. The number of carboxylic acid groups (broad SMARTS) is 1. The van der Waals surface area contributed by atoms with Gasteiger partial charge in [-0.1, -0.05) is 19.1 Å². The second kappa shape index (κ2) is 8.73. The fourth-order valence-corrected chi connectivity index (χ4v) is 2.35. The highest BCUT2D eigenvalue weighted by atomic mass is 16.5. The number of anilines is 2. The normalized spacial score (nSPS) is 11.4. The van der Waals surface area contributed by atoms with Crippen molar-refractivity contribution in [1.29, 1.82) is 0 Å². The first-order valence-electron chi connectivity index (χ1n) is 7.99. The first-order valence-corrected chi connectivity index (χ1v) is 7.99. The lowest BCUT2D eigenvalue weighted by Crippen LogP contribution is -2.29. The summed E-state index contributed by atoms with van der Waals surface area (Å²) >= 11 is 0. The summed E-state index contributed by atoms with van der Waals surface area (Å²) < 4.78 is 5.13. The Kier molecular flexibility index (Phi) is 6.39. The molecular formula is C19H22N2O4. The highest BCUT2D eigenvalue weighted by molar-refractivity contribution is 6.00. The van der Waals surface area contributed by atoms with E-state index in [9.17, 15) is 9.59 Å². The Morgan fingerprint density at radius 3 is 2.44 bits per heavy atom. The average molecular weight is 342 g/mol. The van der Waals surface area contributed by atoms with Crippen LogP contribution in [0.3, 0.4) is 0 Å². The summed E-state index contributed by atoms with van der Waals surface area (Å²) in [7, 11) is 1.60. The van der Waals surface area contributed by atoms with Gasteiger partial charge in [-0.2, -0.15) is 0 Å². The molecule has 6 nitrogen and oxygen atoms in total. The lowest BCUT2D eigenvalue weighted by atomic mass is 10.1. The van der Waals surface area contributed by atoms with Gasteiger partial charge in [0.15, 0.2) is 0 Å². The maximum absolute atomic E-state index is 12.4. The van der Waals surface area contributed by atoms with Crippen LogP contribution in [0.4, 0.5) is 11.4 Å². The fraction of sp³-hybridized carbons (Fsp3) is 0.263. The summed E-state index contributed by atoms with van der Waals surface area (Å²) in [4.78, 5) is 23.1. The van der Waals surface area contributed by atoms with Crippen molar-refractivity contribution in [2.45, 2.75) is 13.3 Å². The molecule has 0 fully saturated rings. The third kappa shape index (κ3) is 5.53. The van der Waals surface area contributed by atoms with Gasteiger partial charge in [0, 0.05) is 18.7 Å². The van der Waals surface area contributed by atoms with Crippen LogP contribution in [0.1, 0.15) is 23.7 Å². The van der Waals surface area contributed by atoms with E-state index in [1.165, 1.54) is 0 Å². The summed E-state index contributed by atoms with van der Waals surface area (Å²) in [5, 5.41) is 14.8. The Balaban J connectivity index is 2.05. The van der Waals surface area contributed by atoms with Crippen molar-refractivity contribution < 1.29 is 19.4 Å². The first-order chi connectivity index (χ1) is 12.0. The molecule has 2 rings (SSSR count). The summed E-state index contributed by atoms with van der Waals surface area (Å²) in [5.41, 5.74) is 2.01. The van der Waals surface area contributed by atoms with Gasteiger partial charge in [0.05, 0.1) is 18.4 Å². The molecule has 2 aromatic rings. The maximum Gasteiger partial charge on any atom is 0.303 e. The Labute approximate surface area is 146 Å². The van der Waals surface area contributed by atoms with Gasteiger partial charge in [0.25, 0.3) is 5.91 Å². The van der Waals surface area contributed by atoms with Gasteiger partial charge >= 0.3 is 5.97 Å². The van der Waals surface area contributed by atoms with Crippen LogP contribution in [0.2, 0.25) is 0 Å². The van der Waals surface area contributed by atoms with Gasteiger partial charge in [-0.3, -0.25) is 9.59 Å². The SMILES string of the molecule is COc1ccc(Nc2ccccc2C(=O)NCC(C)CC(=O)O)cc1. The molecule has 132 valence electrons. The second-order valence-corrected chi connectivity index (χ2v) is 5.81. The molecule has 0 bridgehead atoms. The van der Waals surface area contributed by atoms with E-state index >= 15 is 0 Å². The minimum Gasteiger partial charge on any atom is -0.497 e. The van der Waals surface area contributed by atoms with E-state index in [2.05, 4.69) is 10.6 Å². The smallest absolute Gasteiger partial charge is 0.303 e. The molecule has 0 saturated carbocycles. The highest BCUT2D eigenvalue weighted by Crippen LogP contribution is 2.23. The molecule has 0 saturated heterocycles. The van der Waals surface area contributed by atoms with E-state index in [0.717, 1.165) is 11.4 Å². The van der Waals surface area contributed by atoms with E-state index < -0.39 is 5.97 Å². The Hall–Kier alpha value is -3.02. The largest absolute Gasteiger partial charge is 0.497 e. The van der Waals surface area contributed by atoms with E-state index in [1.54, 1.807) is 26.2 Å². The summed E-state index contributed by atoms with van der Waals surface area (Å²) in [5.74, 6) is -0.496. The van der Waals surface area contributed by atoms with E-state index in [-0.39, 0.29) is 18.2 Å². The molecule has 0 heterocycles. The lowest BCUT2D eigenvalue weighted by molar-refractivity contribution is -0.137. The number of carbonyl (C=O) groups excluding carboxylic acids is 1. The molecule has 0 aromatic heterocycles. The molecule has 0 aliphatic rings. The Bertz CT molecular complexity index is 728. The second-order valence-electron chi connectivity index (χ2n) is 5.81. The number of amides is 1. The molecule has 0 spiro atoms. The number of rotatable bonds is 8. The number of hydrogen-bond acceptors (Lipinski definition) is 4. The number of hydrogen-bond donors (Lipinski definition) is 3. The van der Waals surface area contributed by atoms with Crippen LogP contribution in [0.25, 0.3) is 0 Å². The summed E-state index contributed by atoms with van der Waals surface area (Å²) in [6.45, 7) is 2.10. The zero-order valence-electron chi connectivity index (χ0n) is 14.3. The predicted molar refractivity (Wildman–Crippen MR) is 96.5 cm³/mol. The van der Waals surface area contributed by atoms with Crippen molar-refractivity contribution in [1.82, 2.24) is 5.32 Å². The fourth-order valence-electron chi connectivity index (χ4n) is 2.35. The minimum atomic E-state index is -0.872. The molecule has 1 unspecified atom stereocenters. The summed E-state index contributed by atoms with van der Waals surface area (Å²) in [6.07, 6.45) is 0.0199. The van der Waals surface area contributed by atoms with Crippen LogP contribution < -0.4 is 15.4 Å². The Morgan fingerprint density at radius 2 is 1.80 bits per heavy atom. The van der Waals surface area contributed by atoms with Gasteiger partial charge in [0.2, 0.25) is 0 Å². The van der Waals surface area contributed by atoms with Crippen molar-refractivity contribution in [2.75, 3.05) is 19.0 Å². The van der Waals surface area contributed by atoms with E-state index in [1.807, 2.05) is 36.4 Å². The number of para-hydroxylation sites is 1. The van der Waals surface area contributed by atoms with Gasteiger partial charge in [-0.05, 0) is 42.3 Å². The van der Waals surface area contributed by atoms with Crippen molar-refractivity contribution in [3.63, 3.8) is 0 Å². The zero-order valence-corrected chi connectivity index (χ0v) is 14.3. The molecule has 3 N–H and O–H groups in total. The quantitative estimate of drug-likeness (QED) is 0.685. The molecule has 0 aliphatic carbocycles. The van der Waals surface area contributed by atoms with Crippen molar-refractivity contribution in [3.8, 4) is 5.75 Å². The topological polar surface area (TPSA) is 87.7 Å². The van der Waals surface area contributed by atoms with Crippen LogP contribution in [-0.2, 0) is 4.79 Å². The number of ether oxygens (including phenoxy) is 1. The van der Waals surface area contributed by atoms with E-state index in [4.69, 9.17) is 9.84 Å². The van der Waals surface area contributed by atoms with Gasteiger partial charge in [-0.25, -0.2) is 0 Å². The third-order valence-corrected chi connectivity index (χ3v) is 3.67. The van der Waals surface area contributed by atoms with Crippen LogP contribution in [0.15, 0.2) is 48.5 Å². The number of methoxy groups -OCH3 is 1. The molecule has 25 heavy (non-hydrogen) atoms. The van der Waals surface area contributed by atoms with Crippen molar-refractivity contribution in [2.24, 2.45) is 5.92 Å². The molecule has 2 aromatic carbocycles. The molecule has 0 radical (unpaired) electrons. The minimum absolute atomic E-state index is 0.0199. The molecule has 1 amide bonds. The Morgan fingerprint density at radius 1 is 1.12 bits per heavy atom. The summed E-state index contributed by atoms with van der Waals surface area (Å²) in [6, 6.07) is 14.6. The maximum atomic E-state index is 12.4. The first kappa shape index (κ1) is 18.3. The number of benzene rings is 2. The van der Waals surface area contributed by atoms with Crippen LogP contribution in [0.5, 0.6) is 5.75 Å². The zero-order chi connectivity index (χ0) is 18.2. The standard InChI is InChI=1S/C19H22N2O4/c1-13(11-18(22)23)12-20-19(24)16-5-3-4-6-17(16)21-14-7-9-15(25-2)10-8-14/h3-10,13,21H,11-12H2,1-2H3,(H,20,24)(H,22,23). The third-order valence-electron chi connectivity index (χ3n) is 3.67. The van der Waals surface area contributed by atoms with Crippen molar-refractivity contribution >= 4 is 23.3 Å². The van der Waals surface area contributed by atoms with Gasteiger partial charge in [0.1, 0.15) is 5.75 Å². The van der Waals surface area contributed by atoms with Crippen LogP contribution in [0, 0.1) is 5.92 Å². The van der Waals surface area contributed by atoms with Gasteiger partial charge < -0.3 is 20.5 Å². The van der Waals surface area contributed by atoms with Crippen molar-refractivity contribution in [3.05, 3.63) is 54.1 Å². The molecular weight excluding hydrogens is 320 g/mol. The number of aliphatic carboxylic acids is 1. The van der Waals surface area contributed by atoms with Crippen LogP contribution in [-0.4, -0.2) is 30.6 Å².